The van der Waals surface area contributed by atoms with E-state index in [0.29, 0.717) is 41.0 Å². The Morgan fingerprint density at radius 2 is 1.82 bits per heavy atom. The molecule has 2 amide bonds. The standard InChI is InChI=1S/C40H51N3O6/c1-24-32-20-30(40(32,3)4)21-33(24)42-39(47)36-35(25(2)45)34(23-44)49-43(36)22-29-15-10-16-31(37(29)48-5)27-13-9-14-28(19-27)38(46)41-18-17-26-11-7-6-8-12-26/h6-16,19,24-25,30,32-36,44-45H,17-18,20-23H2,1-5H3,(H,41,46)(H,42,47)/t24-,25-,30+,32-,33-,34-,35+,36-/m0/s1. The van der Waals surface area contributed by atoms with Crippen molar-refractivity contribution in [2.24, 2.45) is 29.1 Å². The first-order chi connectivity index (χ1) is 23.5. The Morgan fingerprint density at radius 1 is 1.06 bits per heavy atom. The van der Waals surface area contributed by atoms with Crippen LogP contribution in [-0.4, -0.2) is 71.6 Å². The van der Waals surface area contributed by atoms with E-state index in [2.05, 4.69) is 31.4 Å². The highest BCUT2D eigenvalue weighted by Gasteiger charge is 2.57. The molecule has 3 saturated carbocycles. The van der Waals surface area contributed by atoms with Gasteiger partial charge in [-0.25, -0.2) is 0 Å². The number of aliphatic hydroxyl groups excluding tert-OH is 2. The number of amides is 2. The van der Waals surface area contributed by atoms with Crippen LogP contribution in [0.2, 0.25) is 0 Å². The molecule has 1 aliphatic heterocycles. The molecule has 3 aliphatic carbocycles. The van der Waals surface area contributed by atoms with Gasteiger partial charge in [0.1, 0.15) is 17.9 Å². The maximum Gasteiger partial charge on any atom is 0.251 e. The fraction of sp³-hybridized carbons (Fsp3) is 0.500. The molecule has 4 fully saturated rings. The normalized spacial score (nSPS) is 27.9. The van der Waals surface area contributed by atoms with Gasteiger partial charge in [-0.1, -0.05) is 81.4 Å². The van der Waals surface area contributed by atoms with E-state index in [9.17, 15) is 19.8 Å². The summed E-state index contributed by atoms with van der Waals surface area (Å²) >= 11 is 0. The first-order valence-electron chi connectivity index (χ1n) is 17.6. The van der Waals surface area contributed by atoms with Crippen LogP contribution >= 0.6 is 0 Å². The maximum atomic E-state index is 14.1. The van der Waals surface area contributed by atoms with Crippen molar-refractivity contribution in [2.45, 2.75) is 77.8 Å². The highest BCUT2D eigenvalue weighted by atomic mass is 16.7. The van der Waals surface area contributed by atoms with Crippen LogP contribution in [0, 0.1) is 29.1 Å². The zero-order valence-corrected chi connectivity index (χ0v) is 29.3. The highest BCUT2D eigenvalue weighted by Crippen LogP contribution is 2.61. The number of hydrogen-bond acceptors (Lipinski definition) is 7. The largest absolute Gasteiger partial charge is 0.496 e. The molecule has 0 radical (unpaired) electrons. The van der Waals surface area contributed by atoms with Gasteiger partial charge in [-0.2, -0.15) is 5.06 Å². The summed E-state index contributed by atoms with van der Waals surface area (Å²) in [6, 6.07) is 22.5. The number of aliphatic hydroxyl groups is 2. The Labute approximate surface area is 290 Å². The molecule has 4 aliphatic rings. The lowest BCUT2D eigenvalue weighted by Crippen LogP contribution is -2.62. The van der Waals surface area contributed by atoms with Gasteiger partial charge in [-0.15, -0.1) is 0 Å². The molecule has 262 valence electrons. The monoisotopic (exact) mass is 669 g/mol. The van der Waals surface area contributed by atoms with E-state index in [-0.39, 0.29) is 31.0 Å². The van der Waals surface area contributed by atoms with Crippen LogP contribution < -0.4 is 15.4 Å². The third kappa shape index (κ3) is 6.99. The van der Waals surface area contributed by atoms with Gasteiger partial charge < -0.3 is 25.6 Å². The topological polar surface area (TPSA) is 120 Å². The van der Waals surface area contributed by atoms with Crippen LogP contribution in [0.5, 0.6) is 5.75 Å². The first-order valence-corrected chi connectivity index (χ1v) is 17.6. The predicted octanol–water partition coefficient (Wildman–Crippen LogP) is 5.00. The van der Waals surface area contributed by atoms with E-state index in [0.717, 1.165) is 35.1 Å². The number of hydroxylamine groups is 2. The minimum atomic E-state index is -0.885. The Bertz CT molecular complexity index is 1630. The quantitative estimate of drug-likeness (QED) is 0.215. The summed E-state index contributed by atoms with van der Waals surface area (Å²) in [6.45, 7) is 8.94. The molecule has 49 heavy (non-hydrogen) atoms. The van der Waals surface area contributed by atoms with Crippen molar-refractivity contribution in [3.8, 4) is 16.9 Å². The van der Waals surface area contributed by atoms with Gasteiger partial charge in [0.25, 0.3) is 5.91 Å². The molecule has 0 spiro atoms. The molecule has 0 unspecified atom stereocenters. The summed E-state index contributed by atoms with van der Waals surface area (Å²) in [5.41, 5.74) is 4.37. The van der Waals surface area contributed by atoms with Crippen LogP contribution in [0.15, 0.2) is 72.8 Å². The van der Waals surface area contributed by atoms with Crippen molar-refractivity contribution >= 4 is 11.8 Å². The number of para-hydroxylation sites is 1. The molecule has 4 N–H and O–H groups in total. The van der Waals surface area contributed by atoms with E-state index in [1.165, 1.54) is 6.42 Å². The van der Waals surface area contributed by atoms with Crippen molar-refractivity contribution < 1.29 is 29.4 Å². The Hall–Kier alpha value is -3.76. The van der Waals surface area contributed by atoms with Gasteiger partial charge in [0, 0.05) is 35.2 Å². The van der Waals surface area contributed by atoms with Gasteiger partial charge in [0.05, 0.1) is 26.4 Å². The second kappa shape index (κ2) is 14.6. The van der Waals surface area contributed by atoms with Crippen molar-refractivity contribution in [3.63, 3.8) is 0 Å². The second-order valence-corrected chi connectivity index (χ2v) is 14.8. The molecule has 9 heteroatoms. The molecular formula is C40H51N3O6. The molecule has 3 aromatic rings. The summed E-state index contributed by atoms with van der Waals surface area (Å²) in [6.07, 6.45) is 1.26. The lowest BCUT2D eigenvalue weighted by molar-refractivity contribution is -0.183. The number of nitrogens with zero attached hydrogens (tertiary/aromatic N) is 1. The number of fused-ring (bicyclic) bond motifs is 2. The van der Waals surface area contributed by atoms with E-state index in [4.69, 9.17) is 9.57 Å². The molecule has 3 aromatic carbocycles. The van der Waals surface area contributed by atoms with Crippen molar-refractivity contribution in [1.82, 2.24) is 15.7 Å². The molecule has 2 bridgehead atoms. The molecule has 1 saturated heterocycles. The van der Waals surface area contributed by atoms with Crippen LogP contribution in [0.1, 0.15) is 62.0 Å². The second-order valence-electron chi connectivity index (χ2n) is 14.8. The third-order valence-electron chi connectivity index (χ3n) is 11.7. The lowest BCUT2D eigenvalue weighted by Gasteiger charge is -2.62. The van der Waals surface area contributed by atoms with Crippen LogP contribution in [-0.2, 0) is 22.6 Å². The van der Waals surface area contributed by atoms with E-state index in [1.54, 1.807) is 25.2 Å². The first kappa shape index (κ1) is 35.1. The fourth-order valence-corrected chi connectivity index (χ4v) is 8.72. The summed E-state index contributed by atoms with van der Waals surface area (Å²) in [5, 5.41) is 29.1. The van der Waals surface area contributed by atoms with Gasteiger partial charge in [-0.3, -0.25) is 14.4 Å². The van der Waals surface area contributed by atoms with Crippen LogP contribution in [0.4, 0.5) is 0 Å². The number of ether oxygens (including phenoxy) is 1. The Balaban J connectivity index is 1.21. The van der Waals surface area contributed by atoms with Gasteiger partial charge >= 0.3 is 0 Å². The van der Waals surface area contributed by atoms with E-state index in [1.807, 2.05) is 66.7 Å². The summed E-state index contributed by atoms with van der Waals surface area (Å²) in [5.74, 6) is 1.11. The number of carbonyl (C=O) groups is 2. The number of carbonyl (C=O) groups excluding carboxylic acids is 2. The molecule has 0 aromatic heterocycles. The third-order valence-corrected chi connectivity index (χ3v) is 11.7. The molecule has 9 nitrogen and oxygen atoms in total. The van der Waals surface area contributed by atoms with Crippen LogP contribution in [0.3, 0.4) is 0 Å². The number of nitrogens with one attached hydrogen (secondary N) is 2. The summed E-state index contributed by atoms with van der Waals surface area (Å²) in [7, 11) is 1.60. The fourth-order valence-electron chi connectivity index (χ4n) is 8.72. The van der Waals surface area contributed by atoms with Crippen molar-refractivity contribution in [3.05, 3.63) is 89.5 Å². The lowest BCUT2D eigenvalue weighted by atomic mass is 9.45. The SMILES string of the molecule is COc1c(CN2O[C@@H](CO)[C@@H]([C@H](C)O)[C@H]2C(=O)N[C@H]2C[C@H]3C[C@@H]([C@@H]2C)C3(C)C)cccc1-c1cccc(C(=O)NCCc2ccccc2)c1. The minimum Gasteiger partial charge on any atom is -0.496 e. The highest BCUT2D eigenvalue weighted by molar-refractivity contribution is 5.95. The summed E-state index contributed by atoms with van der Waals surface area (Å²) in [4.78, 5) is 33.4. The van der Waals surface area contributed by atoms with Gasteiger partial charge in [0.15, 0.2) is 0 Å². The van der Waals surface area contributed by atoms with Crippen molar-refractivity contribution in [2.75, 3.05) is 20.3 Å². The van der Waals surface area contributed by atoms with Crippen LogP contribution in [0.25, 0.3) is 11.1 Å². The molecule has 8 atom stereocenters. The summed E-state index contributed by atoms with van der Waals surface area (Å²) < 4.78 is 5.97. The zero-order valence-electron chi connectivity index (χ0n) is 29.3. The number of rotatable bonds is 12. The van der Waals surface area contributed by atoms with Gasteiger partial charge in [-0.05, 0) is 72.6 Å². The zero-order chi connectivity index (χ0) is 34.9. The molecule has 1 heterocycles. The molecule has 7 rings (SSSR count). The predicted molar refractivity (Wildman–Crippen MR) is 188 cm³/mol. The minimum absolute atomic E-state index is 0.0506. The van der Waals surface area contributed by atoms with Crippen molar-refractivity contribution in [1.29, 1.82) is 0 Å². The number of methoxy groups -OCH3 is 1. The maximum absolute atomic E-state index is 14.1. The number of hydrogen-bond donors (Lipinski definition) is 4. The van der Waals surface area contributed by atoms with E-state index >= 15 is 0 Å². The smallest absolute Gasteiger partial charge is 0.251 e. The van der Waals surface area contributed by atoms with Gasteiger partial charge in [0.2, 0.25) is 5.91 Å². The molecular weight excluding hydrogens is 618 g/mol. The average Bonchev–Trinajstić information content (AvgIpc) is 3.48. The Morgan fingerprint density at radius 3 is 2.49 bits per heavy atom. The average molecular weight is 670 g/mol. The van der Waals surface area contributed by atoms with E-state index < -0.39 is 24.2 Å². The number of benzene rings is 3. The Kier molecular flexibility index (Phi) is 10.5.